The second-order valence-corrected chi connectivity index (χ2v) is 6.37. The van der Waals surface area contributed by atoms with Gasteiger partial charge < -0.3 is 14.3 Å². The molecule has 3 aromatic rings. The van der Waals surface area contributed by atoms with Crippen molar-refractivity contribution in [3.05, 3.63) is 71.8 Å². The molecule has 2 aromatic carbocycles. The summed E-state index contributed by atoms with van der Waals surface area (Å²) >= 11 is 0. The topological polar surface area (TPSA) is 72.6 Å². The summed E-state index contributed by atoms with van der Waals surface area (Å²) in [6.45, 7) is 0.383. The van der Waals surface area contributed by atoms with Gasteiger partial charge in [-0.1, -0.05) is 24.3 Å². The minimum Gasteiger partial charge on any atom is -0.494 e. The Hall–Kier alpha value is -3.29. The van der Waals surface area contributed by atoms with E-state index in [4.69, 9.17) is 14.3 Å². The van der Waals surface area contributed by atoms with Crippen LogP contribution in [0.4, 0.5) is 13.2 Å². The molecule has 0 radical (unpaired) electrons. The van der Waals surface area contributed by atoms with E-state index in [1.54, 1.807) is 24.3 Å². The number of alkyl halides is 3. The van der Waals surface area contributed by atoms with Crippen LogP contribution in [0, 0.1) is 0 Å². The second kappa shape index (κ2) is 8.81. The van der Waals surface area contributed by atoms with Crippen LogP contribution in [-0.4, -0.2) is 22.7 Å². The molecule has 152 valence electrons. The van der Waals surface area contributed by atoms with E-state index in [9.17, 15) is 18.0 Å². The molecule has 0 atom stereocenters. The first kappa shape index (κ1) is 20.4. The van der Waals surface area contributed by atoms with Crippen molar-refractivity contribution in [1.82, 2.24) is 4.98 Å². The average molecular weight is 405 g/mol. The summed E-state index contributed by atoms with van der Waals surface area (Å²) in [7, 11) is 0. The van der Waals surface area contributed by atoms with Gasteiger partial charge in [0.1, 0.15) is 17.7 Å². The van der Waals surface area contributed by atoms with Gasteiger partial charge in [0.15, 0.2) is 5.89 Å². The Morgan fingerprint density at radius 2 is 1.90 bits per heavy atom. The first-order valence-corrected chi connectivity index (χ1v) is 8.87. The Morgan fingerprint density at radius 1 is 1.14 bits per heavy atom. The number of aryl methyl sites for hydroxylation is 1. The summed E-state index contributed by atoms with van der Waals surface area (Å²) in [6.07, 6.45) is -1.93. The zero-order valence-corrected chi connectivity index (χ0v) is 15.3. The molecule has 0 saturated carbocycles. The molecule has 0 saturated heterocycles. The first-order chi connectivity index (χ1) is 13.8. The molecule has 1 aromatic heterocycles. The Bertz CT molecular complexity index is 965. The van der Waals surface area contributed by atoms with Gasteiger partial charge in [0.2, 0.25) is 0 Å². The molecule has 5 nitrogen and oxygen atoms in total. The molecule has 0 amide bonds. The molecule has 0 aliphatic rings. The third kappa shape index (κ3) is 5.84. The molecular formula is C21H18F3NO4. The first-order valence-electron chi connectivity index (χ1n) is 8.87. The quantitative estimate of drug-likeness (QED) is 0.534. The number of carbonyl (C=O) groups is 1. The van der Waals surface area contributed by atoms with Crippen molar-refractivity contribution in [3.8, 4) is 17.0 Å². The van der Waals surface area contributed by atoms with E-state index >= 15 is 0 Å². The highest BCUT2D eigenvalue weighted by molar-refractivity contribution is 5.70. The third-order valence-corrected chi connectivity index (χ3v) is 4.12. The standard InChI is InChI=1S/C21H18F3NO4/c22-21(23,24)16-8-6-15(7-9-16)18-13-29-19(25-18)5-2-10-28-17-4-1-3-14(11-17)12-20(26)27/h1,3-4,6-9,11,13H,2,5,10,12H2,(H,26,27). The molecule has 8 heteroatoms. The maximum atomic E-state index is 12.6. The van der Waals surface area contributed by atoms with E-state index in [2.05, 4.69) is 4.98 Å². The summed E-state index contributed by atoms with van der Waals surface area (Å²) < 4.78 is 48.9. The largest absolute Gasteiger partial charge is 0.494 e. The maximum Gasteiger partial charge on any atom is 0.416 e. The summed E-state index contributed by atoms with van der Waals surface area (Å²) in [6, 6.07) is 11.6. The highest BCUT2D eigenvalue weighted by Crippen LogP contribution is 2.30. The molecule has 1 N–H and O–H groups in total. The molecule has 1 heterocycles. The van der Waals surface area contributed by atoms with Crippen molar-refractivity contribution in [2.75, 3.05) is 6.61 Å². The van der Waals surface area contributed by atoms with Gasteiger partial charge in [0.05, 0.1) is 18.6 Å². The van der Waals surface area contributed by atoms with Crippen LogP contribution in [0.5, 0.6) is 5.75 Å². The highest BCUT2D eigenvalue weighted by atomic mass is 19.4. The normalized spacial score (nSPS) is 11.4. The van der Waals surface area contributed by atoms with E-state index in [1.807, 2.05) is 0 Å². The van der Waals surface area contributed by atoms with Crippen LogP contribution in [0.3, 0.4) is 0 Å². The summed E-state index contributed by atoms with van der Waals surface area (Å²) in [5.74, 6) is 0.139. The van der Waals surface area contributed by atoms with Crippen molar-refractivity contribution in [2.45, 2.75) is 25.4 Å². The van der Waals surface area contributed by atoms with Crippen molar-refractivity contribution in [2.24, 2.45) is 0 Å². The van der Waals surface area contributed by atoms with Crippen LogP contribution in [0.25, 0.3) is 11.3 Å². The van der Waals surface area contributed by atoms with Crippen LogP contribution in [-0.2, 0) is 23.8 Å². The predicted molar refractivity (Wildman–Crippen MR) is 98.5 cm³/mol. The van der Waals surface area contributed by atoms with E-state index in [0.717, 1.165) is 12.1 Å². The number of aliphatic carboxylic acids is 1. The summed E-state index contributed by atoms with van der Waals surface area (Å²) in [5, 5.41) is 8.82. The number of nitrogens with zero attached hydrogens (tertiary/aromatic N) is 1. The molecule has 0 spiro atoms. The van der Waals surface area contributed by atoms with Gasteiger partial charge in [-0.15, -0.1) is 0 Å². The number of carboxylic acid groups (broad SMARTS) is 1. The monoisotopic (exact) mass is 405 g/mol. The van der Waals surface area contributed by atoms with E-state index in [0.29, 0.717) is 47.9 Å². The predicted octanol–water partition coefficient (Wildman–Crippen LogP) is 5.00. The SMILES string of the molecule is O=C(O)Cc1cccc(OCCCc2nc(-c3ccc(C(F)(F)F)cc3)co2)c1. The molecule has 0 aliphatic heterocycles. The van der Waals surface area contributed by atoms with Gasteiger partial charge in [-0.05, 0) is 36.2 Å². The fourth-order valence-corrected chi connectivity index (χ4v) is 2.72. The molecule has 0 bridgehead atoms. The number of ether oxygens (including phenoxy) is 1. The number of aromatic nitrogens is 1. The second-order valence-electron chi connectivity index (χ2n) is 6.37. The molecule has 0 aliphatic carbocycles. The Morgan fingerprint density at radius 3 is 2.59 bits per heavy atom. The Kier molecular flexibility index (Phi) is 6.21. The van der Waals surface area contributed by atoms with Gasteiger partial charge >= 0.3 is 12.1 Å². The average Bonchev–Trinajstić information content (AvgIpc) is 3.13. The zero-order valence-electron chi connectivity index (χ0n) is 15.3. The number of hydrogen-bond acceptors (Lipinski definition) is 4. The number of rotatable bonds is 8. The lowest BCUT2D eigenvalue weighted by atomic mass is 10.1. The molecular weight excluding hydrogens is 387 g/mol. The molecule has 29 heavy (non-hydrogen) atoms. The number of hydrogen-bond donors (Lipinski definition) is 1. The van der Waals surface area contributed by atoms with E-state index < -0.39 is 17.7 Å². The molecule has 0 unspecified atom stereocenters. The van der Waals surface area contributed by atoms with Gasteiger partial charge in [0, 0.05) is 12.0 Å². The Balaban J connectivity index is 1.50. The highest BCUT2D eigenvalue weighted by Gasteiger charge is 2.30. The van der Waals surface area contributed by atoms with Crippen LogP contribution in [0.1, 0.15) is 23.4 Å². The van der Waals surface area contributed by atoms with Gasteiger partial charge in [-0.2, -0.15) is 13.2 Å². The van der Waals surface area contributed by atoms with Crippen molar-refractivity contribution in [3.63, 3.8) is 0 Å². The molecule has 0 fully saturated rings. The fraction of sp³-hybridized carbons (Fsp3) is 0.238. The van der Waals surface area contributed by atoms with E-state index in [1.165, 1.54) is 18.4 Å². The van der Waals surface area contributed by atoms with Gasteiger partial charge in [-0.3, -0.25) is 4.79 Å². The minimum atomic E-state index is -4.37. The zero-order chi connectivity index (χ0) is 20.9. The van der Waals surface area contributed by atoms with Gasteiger partial charge in [0.25, 0.3) is 0 Å². The minimum absolute atomic E-state index is 0.0692. The number of carboxylic acids is 1. The van der Waals surface area contributed by atoms with Crippen molar-refractivity contribution in [1.29, 1.82) is 0 Å². The van der Waals surface area contributed by atoms with Crippen molar-refractivity contribution >= 4 is 5.97 Å². The van der Waals surface area contributed by atoms with Crippen molar-refractivity contribution < 1.29 is 32.2 Å². The number of benzene rings is 2. The maximum absolute atomic E-state index is 12.6. The lowest BCUT2D eigenvalue weighted by molar-refractivity contribution is -0.138. The smallest absolute Gasteiger partial charge is 0.416 e. The van der Waals surface area contributed by atoms with Crippen LogP contribution < -0.4 is 4.74 Å². The van der Waals surface area contributed by atoms with Crippen LogP contribution >= 0.6 is 0 Å². The molecule has 3 rings (SSSR count). The van der Waals surface area contributed by atoms with Crippen LogP contribution in [0.15, 0.2) is 59.2 Å². The number of oxazole rings is 1. The summed E-state index contributed by atoms with van der Waals surface area (Å²) in [4.78, 5) is 15.0. The number of halogens is 3. The van der Waals surface area contributed by atoms with Crippen LogP contribution in [0.2, 0.25) is 0 Å². The van der Waals surface area contributed by atoms with Gasteiger partial charge in [-0.25, -0.2) is 4.98 Å². The Labute approximate surface area is 164 Å². The van der Waals surface area contributed by atoms with E-state index in [-0.39, 0.29) is 6.42 Å². The lowest BCUT2D eigenvalue weighted by Crippen LogP contribution is -2.04. The fourth-order valence-electron chi connectivity index (χ4n) is 2.72. The lowest BCUT2D eigenvalue weighted by Gasteiger charge is -2.06. The summed E-state index contributed by atoms with van der Waals surface area (Å²) in [5.41, 5.74) is 0.953. The third-order valence-electron chi connectivity index (χ3n) is 4.12.